The van der Waals surface area contributed by atoms with E-state index in [4.69, 9.17) is 4.74 Å². The summed E-state index contributed by atoms with van der Waals surface area (Å²) in [6, 6.07) is 0.412. The summed E-state index contributed by atoms with van der Waals surface area (Å²) in [4.78, 5) is 8.54. The summed E-state index contributed by atoms with van der Waals surface area (Å²) >= 11 is 0. The fourth-order valence-electron chi connectivity index (χ4n) is 2.19. The Bertz CT molecular complexity index is 406. The number of rotatable bonds is 8. The third kappa shape index (κ3) is 3.98. The zero-order valence-electron chi connectivity index (χ0n) is 12.1. The summed E-state index contributed by atoms with van der Waals surface area (Å²) in [5, 5.41) is 6.70. The van der Waals surface area contributed by atoms with Crippen LogP contribution in [0.5, 0.6) is 5.75 Å². The molecule has 1 fully saturated rings. The van der Waals surface area contributed by atoms with Crippen LogP contribution >= 0.6 is 0 Å². The van der Waals surface area contributed by atoms with Crippen molar-refractivity contribution in [2.45, 2.75) is 45.6 Å². The molecule has 0 bridgehead atoms. The molecular formula is C14H24N4O. The first-order chi connectivity index (χ1) is 9.24. The zero-order valence-corrected chi connectivity index (χ0v) is 12.1. The molecule has 2 N–H and O–H groups in total. The van der Waals surface area contributed by atoms with Crippen LogP contribution in [0.1, 0.15) is 39.5 Å². The number of aromatic nitrogens is 2. The van der Waals surface area contributed by atoms with Crippen LogP contribution in [0.15, 0.2) is 6.33 Å². The number of nitrogens with zero attached hydrogens (tertiary/aromatic N) is 2. The van der Waals surface area contributed by atoms with E-state index in [1.54, 1.807) is 13.4 Å². The van der Waals surface area contributed by atoms with Crippen LogP contribution in [0, 0.1) is 5.92 Å². The van der Waals surface area contributed by atoms with Crippen molar-refractivity contribution < 1.29 is 4.74 Å². The van der Waals surface area contributed by atoms with E-state index in [0.717, 1.165) is 30.5 Å². The molecule has 19 heavy (non-hydrogen) atoms. The molecule has 1 aromatic heterocycles. The lowest BCUT2D eigenvalue weighted by molar-refractivity contribution is 0.414. The highest BCUT2D eigenvalue weighted by Gasteiger charge is 2.24. The molecule has 1 unspecified atom stereocenters. The number of hydrogen-bond acceptors (Lipinski definition) is 5. The molecule has 1 saturated carbocycles. The number of hydrogen-bond donors (Lipinski definition) is 2. The predicted octanol–water partition coefficient (Wildman–Crippen LogP) is 2.91. The van der Waals surface area contributed by atoms with Gasteiger partial charge in [0, 0.05) is 12.6 Å². The molecule has 1 atom stereocenters. The third-order valence-electron chi connectivity index (χ3n) is 3.32. The van der Waals surface area contributed by atoms with E-state index in [2.05, 4.69) is 34.4 Å². The average molecular weight is 264 g/mol. The van der Waals surface area contributed by atoms with Gasteiger partial charge in [0.2, 0.25) is 5.75 Å². The second-order valence-electron chi connectivity index (χ2n) is 5.26. The maximum atomic E-state index is 5.45. The van der Waals surface area contributed by atoms with Gasteiger partial charge in [-0.25, -0.2) is 9.97 Å². The molecule has 5 nitrogen and oxygen atoms in total. The van der Waals surface area contributed by atoms with E-state index in [1.807, 2.05) is 0 Å². The Hall–Kier alpha value is -1.52. The minimum Gasteiger partial charge on any atom is -0.490 e. The van der Waals surface area contributed by atoms with Crippen molar-refractivity contribution >= 4 is 11.6 Å². The maximum Gasteiger partial charge on any atom is 0.204 e. The van der Waals surface area contributed by atoms with Gasteiger partial charge in [-0.3, -0.25) is 0 Å². The fraction of sp³-hybridized carbons (Fsp3) is 0.714. The molecule has 1 aliphatic rings. The van der Waals surface area contributed by atoms with Gasteiger partial charge in [-0.2, -0.15) is 0 Å². The number of ether oxygens (including phenoxy) is 1. The third-order valence-corrected chi connectivity index (χ3v) is 3.32. The summed E-state index contributed by atoms with van der Waals surface area (Å²) in [6.07, 6.45) is 6.57. The van der Waals surface area contributed by atoms with Crippen LogP contribution in [-0.2, 0) is 0 Å². The lowest BCUT2D eigenvalue weighted by atomic mass is 10.1. The zero-order chi connectivity index (χ0) is 13.7. The van der Waals surface area contributed by atoms with Gasteiger partial charge in [0.15, 0.2) is 11.6 Å². The van der Waals surface area contributed by atoms with Crippen molar-refractivity contribution in [1.29, 1.82) is 0 Å². The standard InChI is InChI=1S/C14H24N4O/c1-4-7-15-13-12(19-3)14(17-9-16-13)18-10(2)8-11-5-6-11/h9-11H,4-8H2,1-3H3,(H2,15,16,17,18). The Morgan fingerprint density at radius 1 is 1.37 bits per heavy atom. The highest BCUT2D eigenvalue weighted by molar-refractivity contribution is 5.63. The lowest BCUT2D eigenvalue weighted by Crippen LogP contribution is -2.18. The largest absolute Gasteiger partial charge is 0.490 e. The Morgan fingerprint density at radius 3 is 2.74 bits per heavy atom. The SMILES string of the molecule is CCCNc1ncnc(NC(C)CC2CC2)c1OC. The fourth-order valence-corrected chi connectivity index (χ4v) is 2.19. The van der Waals surface area contributed by atoms with E-state index in [-0.39, 0.29) is 0 Å². The van der Waals surface area contributed by atoms with E-state index in [1.165, 1.54) is 19.3 Å². The van der Waals surface area contributed by atoms with Crippen molar-refractivity contribution in [3.63, 3.8) is 0 Å². The Kier molecular flexibility index (Phi) is 4.82. The molecule has 1 heterocycles. The Morgan fingerprint density at radius 2 is 2.11 bits per heavy atom. The molecule has 0 aromatic carbocycles. The topological polar surface area (TPSA) is 59.1 Å². The van der Waals surface area contributed by atoms with Gasteiger partial charge in [0.05, 0.1) is 7.11 Å². The van der Waals surface area contributed by atoms with Gasteiger partial charge in [0.25, 0.3) is 0 Å². The first-order valence-corrected chi connectivity index (χ1v) is 7.14. The molecule has 1 aliphatic carbocycles. The molecule has 0 aliphatic heterocycles. The minimum absolute atomic E-state index is 0.412. The predicted molar refractivity (Wildman–Crippen MR) is 77.8 cm³/mol. The van der Waals surface area contributed by atoms with E-state index < -0.39 is 0 Å². The summed E-state index contributed by atoms with van der Waals surface area (Å²) < 4.78 is 5.45. The van der Waals surface area contributed by atoms with E-state index in [0.29, 0.717) is 11.8 Å². The first kappa shape index (κ1) is 13.9. The van der Waals surface area contributed by atoms with Gasteiger partial charge in [-0.1, -0.05) is 19.8 Å². The molecule has 5 heteroatoms. The molecule has 0 spiro atoms. The normalized spacial score (nSPS) is 15.9. The Labute approximate surface area is 115 Å². The van der Waals surface area contributed by atoms with Crippen LogP contribution in [-0.4, -0.2) is 29.7 Å². The second kappa shape index (κ2) is 6.59. The first-order valence-electron chi connectivity index (χ1n) is 7.14. The van der Waals surface area contributed by atoms with Gasteiger partial charge in [0.1, 0.15) is 6.33 Å². The molecule has 0 radical (unpaired) electrons. The molecule has 1 aromatic rings. The monoisotopic (exact) mass is 264 g/mol. The van der Waals surface area contributed by atoms with Crippen LogP contribution < -0.4 is 15.4 Å². The van der Waals surface area contributed by atoms with E-state index in [9.17, 15) is 0 Å². The van der Waals surface area contributed by atoms with Gasteiger partial charge in [-0.15, -0.1) is 0 Å². The summed E-state index contributed by atoms with van der Waals surface area (Å²) in [6.45, 7) is 5.20. The molecule has 2 rings (SSSR count). The highest BCUT2D eigenvalue weighted by atomic mass is 16.5. The number of methoxy groups -OCH3 is 1. The van der Waals surface area contributed by atoms with Crippen LogP contribution in [0.4, 0.5) is 11.6 Å². The summed E-state index contributed by atoms with van der Waals surface area (Å²) in [5.41, 5.74) is 0. The van der Waals surface area contributed by atoms with Crippen LogP contribution in [0.3, 0.4) is 0 Å². The average Bonchev–Trinajstić information content (AvgIpc) is 3.20. The van der Waals surface area contributed by atoms with Crippen molar-refractivity contribution in [2.75, 3.05) is 24.3 Å². The van der Waals surface area contributed by atoms with Crippen LogP contribution in [0.2, 0.25) is 0 Å². The van der Waals surface area contributed by atoms with Crippen molar-refractivity contribution in [1.82, 2.24) is 9.97 Å². The molecule has 0 amide bonds. The van der Waals surface area contributed by atoms with Crippen molar-refractivity contribution in [3.05, 3.63) is 6.33 Å². The number of anilines is 2. The molecule has 106 valence electrons. The van der Waals surface area contributed by atoms with E-state index >= 15 is 0 Å². The van der Waals surface area contributed by atoms with Crippen molar-refractivity contribution in [3.8, 4) is 5.75 Å². The quantitative estimate of drug-likeness (QED) is 0.756. The lowest BCUT2D eigenvalue weighted by Gasteiger charge is -2.18. The van der Waals surface area contributed by atoms with Crippen LogP contribution in [0.25, 0.3) is 0 Å². The highest BCUT2D eigenvalue weighted by Crippen LogP contribution is 2.35. The minimum atomic E-state index is 0.412. The van der Waals surface area contributed by atoms with Gasteiger partial charge < -0.3 is 15.4 Å². The van der Waals surface area contributed by atoms with Crippen molar-refractivity contribution in [2.24, 2.45) is 5.92 Å². The van der Waals surface area contributed by atoms with Gasteiger partial charge in [-0.05, 0) is 25.7 Å². The second-order valence-corrected chi connectivity index (χ2v) is 5.26. The number of nitrogens with one attached hydrogen (secondary N) is 2. The molecule has 0 saturated heterocycles. The van der Waals surface area contributed by atoms with Gasteiger partial charge >= 0.3 is 0 Å². The Balaban J connectivity index is 2.04. The summed E-state index contributed by atoms with van der Waals surface area (Å²) in [7, 11) is 1.66. The molecular weight excluding hydrogens is 240 g/mol. The maximum absolute atomic E-state index is 5.45. The smallest absolute Gasteiger partial charge is 0.204 e. The summed E-state index contributed by atoms with van der Waals surface area (Å²) in [5.74, 6) is 3.15.